The van der Waals surface area contributed by atoms with Crippen molar-refractivity contribution < 1.29 is 4.74 Å². The molecule has 6 heteroatoms. The zero-order chi connectivity index (χ0) is 19.2. The van der Waals surface area contributed by atoms with Crippen LogP contribution in [0.4, 0.5) is 0 Å². The van der Waals surface area contributed by atoms with Crippen molar-refractivity contribution in [2.24, 2.45) is 16.3 Å². The molecule has 0 aromatic heterocycles. The monoisotopic (exact) mass is 512 g/mol. The molecule has 162 valence electrons. The Bertz CT molecular complexity index is 667. The maximum atomic E-state index is 5.48. The summed E-state index contributed by atoms with van der Waals surface area (Å²) in [4.78, 5) is 7.41. The van der Waals surface area contributed by atoms with E-state index in [-0.39, 0.29) is 24.0 Å². The molecule has 4 rings (SSSR count). The molecule has 5 nitrogen and oxygen atoms in total. The summed E-state index contributed by atoms with van der Waals surface area (Å²) < 4.78 is 5.48. The summed E-state index contributed by atoms with van der Waals surface area (Å²) in [5.41, 5.74) is 3.27. The number of hydrogen-bond acceptors (Lipinski definition) is 3. The van der Waals surface area contributed by atoms with Crippen molar-refractivity contribution in [3.05, 3.63) is 35.4 Å². The van der Waals surface area contributed by atoms with Crippen LogP contribution in [-0.4, -0.2) is 50.3 Å². The Morgan fingerprint density at radius 3 is 2.48 bits per heavy atom. The first kappa shape index (κ1) is 22.8. The lowest BCUT2D eigenvalue weighted by Gasteiger charge is -2.43. The normalized spacial score (nSPS) is 21.8. The van der Waals surface area contributed by atoms with Crippen LogP contribution in [0.15, 0.2) is 29.3 Å². The maximum absolute atomic E-state index is 5.48. The van der Waals surface area contributed by atoms with Crippen LogP contribution in [0, 0.1) is 11.3 Å². The molecule has 0 amide bonds. The maximum Gasteiger partial charge on any atom is 0.191 e. The zero-order valence-corrected chi connectivity index (χ0v) is 20.1. The van der Waals surface area contributed by atoms with E-state index in [0.717, 1.165) is 64.4 Å². The first-order valence-electron chi connectivity index (χ1n) is 11.2. The van der Waals surface area contributed by atoms with Gasteiger partial charge < -0.3 is 15.4 Å². The second-order valence-electron chi connectivity index (χ2n) is 8.70. The molecule has 3 fully saturated rings. The van der Waals surface area contributed by atoms with Gasteiger partial charge in [-0.05, 0) is 55.1 Å². The Morgan fingerprint density at radius 1 is 1.14 bits per heavy atom. The first-order valence-corrected chi connectivity index (χ1v) is 11.2. The van der Waals surface area contributed by atoms with E-state index in [0.29, 0.717) is 5.41 Å². The van der Waals surface area contributed by atoms with E-state index >= 15 is 0 Å². The second kappa shape index (κ2) is 11.0. The molecular weight excluding hydrogens is 475 g/mol. The fraction of sp³-hybridized carbons (Fsp3) is 0.696. The molecule has 2 N–H and O–H groups in total. The van der Waals surface area contributed by atoms with Gasteiger partial charge in [0, 0.05) is 32.7 Å². The van der Waals surface area contributed by atoms with Crippen LogP contribution < -0.4 is 10.6 Å². The van der Waals surface area contributed by atoms with Crippen molar-refractivity contribution in [1.29, 1.82) is 0 Å². The van der Waals surface area contributed by atoms with Crippen LogP contribution in [0.25, 0.3) is 0 Å². The quantitative estimate of drug-likeness (QED) is 0.317. The third-order valence-corrected chi connectivity index (χ3v) is 6.77. The first-order chi connectivity index (χ1) is 13.8. The largest absolute Gasteiger partial charge is 0.379 e. The summed E-state index contributed by atoms with van der Waals surface area (Å²) in [5.74, 6) is 1.93. The van der Waals surface area contributed by atoms with Gasteiger partial charge in [-0.3, -0.25) is 4.90 Å². The number of guanidine groups is 1. The molecule has 0 atom stereocenters. The lowest BCUT2D eigenvalue weighted by atomic mass is 9.65. The Hall–Kier alpha value is -0.860. The molecule has 1 heterocycles. The Kier molecular flexibility index (Phi) is 8.62. The highest BCUT2D eigenvalue weighted by atomic mass is 127. The number of morpholine rings is 1. The van der Waals surface area contributed by atoms with Crippen molar-refractivity contribution >= 4 is 29.9 Å². The predicted molar refractivity (Wildman–Crippen MR) is 130 cm³/mol. The average molecular weight is 512 g/mol. The van der Waals surface area contributed by atoms with Gasteiger partial charge in [0.1, 0.15) is 0 Å². The average Bonchev–Trinajstić information content (AvgIpc) is 3.52. The van der Waals surface area contributed by atoms with Gasteiger partial charge in [-0.15, -0.1) is 24.0 Å². The van der Waals surface area contributed by atoms with E-state index in [2.05, 4.69) is 46.7 Å². The number of benzene rings is 1. The predicted octanol–water partition coefficient (Wildman–Crippen LogP) is 3.77. The molecule has 1 aromatic carbocycles. The number of nitrogens with one attached hydrogen (secondary N) is 2. The molecule has 1 saturated heterocycles. The molecule has 2 saturated carbocycles. The molecule has 1 aliphatic heterocycles. The van der Waals surface area contributed by atoms with E-state index < -0.39 is 0 Å². The molecule has 0 spiro atoms. The standard InChI is InChI=1S/C23H36N4O.HI/c1-2-24-22(26-18-23(10-5-11-23)21-8-9-21)25-16-19-6-3-4-7-20(19)17-27-12-14-28-15-13-27;/h3-4,6-7,21H,2,5,8-18H2,1H3,(H2,24,25,26);1H. The molecule has 0 radical (unpaired) electrons. The molecule has 0 bridgehead atoms. The number of ether oxygens (including phenoxy) is 1. The highest BCUT2D eigenvalue weighted by Gasteiger charge is 2.48. The molecule has 29 heavy (non-hydrogen) atoms. The summed E-state index contributed by atoms with van der Waals surface area (Å²) in [6.45, 7) is 9.57. The van der Waals surface area contributed by atoms with Crippen molar-refractivity contribution in [1.82, 2.24) is 15.5 Å². The van der Waals surface area contributed by atoms with Gasteiger partial charge in [-0.25, -0.2) is 4.99 Å². The summed E-state index contributed by atoms with van der Waals surface area (Å²) in [6, 6.07) is 8.74. The van der Waals surface area contributed by atoms with Crippen LogP contribution in [-0.2, 0) is 17.8 Å². The summed E-state index contributed by atoms with van der Waals surface area (Å²) in [5, 5.41) is 7.11. The number of hydrogen-bond donors (Lipinski definition) is 2. The van der Waals surface area contributed by atoms with E-state index in [4.69, 9.17) is 9.73 Å². The van der Waals surface area contributed by atoms with E-state index in [9.17, 15) is 0 Å². The fourth-order valence-corrected chi connectivity index (χ4v) is 4.69. The third-order valence-electron chi connectivity index (χ3n) is 6.77. The van der Waals surface area contributed by atoms with Gasteiger partial charge in [-0.1, -0.05) is 30.7 Å². The zero-order valence-electron chi connectivity index (χ0n) is 17.8. The lowest BCUT2D eigenvalue weighted by Crippen LogP contribution is -2.47. The van der Waals surface area contributed by atoms with Crippen molar-refractivity contribution in [2.75, 3.05) is 39.4 Å². The molecule has 2 aliphatic carbocycles. The van der Waals surface area contributed by atoms with Crippen LogP contribution >= 0.6 is 24.0 Å². The Morgan fingerprint density at radius 2 is 1.86 bits per heavy atom. The molecule has 3 aliphatic rings. The minimum atomic E-state index is 0. The lowest BCUT2D eigenvalue weighted by molar-refractivity contribution is 0.0341. The van der Waals surface area contributed by atoms with Gasteiger partial charge in [-0.2, -0.15) is 0 Å². The van der Waals surface area contributed by atoms with Crippen molar-refractivity contribution in [2.45, 2.75) is 52.1 Å². The SMILES string of the molecule is CCNC(=NCc1ccccc1CN1CCOCC1)NCC1(C2CC2)CCC1.I. The van der Waals surface area contributed by atoms with Crippen LogP contribution in [0.2, 0.25) is 0 Å². The third kappa shape index (κ3) is 6.07. The Balaban J connectivity index is 0.00000240. The van der Waals surface area contributed by atoms with E-state index in [1.807, 2.05) is 0 Å². The number of nitrogens with zero attached hydrogens (tertiary/aromatic N) is 2. The van der Waals surface area contributed by atoms with Crippen molar-refractivity contribution in [3.8, 4) is 0 Å². The van der Waals surface area contributed by atoms with Gasteiger partial charge >= 0.3 is 0 Å². The topological polar surface area (TPSA) is 48.9 Å². The van der Waals surface area contributed by atoms with Crippen molar-refractivity contribution in [3.63, 3.8) is 0 Å². The second-order valence-corrected chi connectivity index (χ2v) is 8.70. The molecule has 0 unspecified atom stereocenters. The van der Waals surface area contributed by atoms with E-state index in [1.165, 1.54) is 43.2 Å². The highest BCUT2D eigenvalue weighted by Crippen LogP contribution is 2.56. The Labute approximate surface area is 193 Å². The van der Waals surface area contributed by atoms with Gasteiger partial charge in [0.15, 0.2) is 5.96 Å². The number of aliphatic imine (C=N–C) groups is 1. The minimum Gasteiger partial charge on any atom is -0.379 e. The highest BCUT2D eigenvalue weighted by molar-refractivity contribution is 14.0. The smallest absolute Gasteiger partial charge is 0.191 e. The molecular formula is C23H37IN4O. The van der Waals surface area contributed by atoms with Crippen LogP contribution in [0.1, 0.15) is 50.2 Å². The number of halogens is 1. The number of rotatable bonds is 8. The van der Waals surface area contributed by atoms with Gasteiger partial charge in [0.25, 0.3) is 0 Å². The molecule has 1 aromatic rings. The summed E-state index contributed by atoms with van der Waals surface area (Å²) in [6.07, 6.45) is 7.06. The summed E-state index contributed by atoms with van der Waals surface area (Å²) >= 11 is 0. The van der Waals surface area contributed by atoms with E-state index in [1.54, 1.807) is 0 Å². The van der Waals surface area contributed by atoms with Gasteiger partial charge in [0.2, 0.25) is 0 Å². The minimum absolute atomic E-state index is 0. The fourth-order valence-electron chi connectivity index (χ4n) is 4.69. The van der Waals surface area contributed by atoms with Crippen LogP contribution in [0.3, 0.4) is 0 Å². The van der Waals surface area contributed by atoms with Gasteiger partial charge in [0.05, 0.1) is 19.8 Å². The summed E-state index contributed by atoms with van der Waals surface area (Å²) in [7, 11) is 0. The van der Waals surface area contributed by atoms with Crippen LogP contribution in [0.5, 0.6) is 0 Å².